The third kappa shape index (κ3) is 5.30. The fourth-order valence-corrected chi connectivity index (χ4v) is 5.02. The highest BCUT2D eigenvalue weighted by atomic mass is 32.2. The van der Waals surface area contributed by atoms with E-state index in [0.29, 0.717) is 30.1 Å². The number of fused-ring (bicyclic) bond motifs is 1. The molecule has 2 aromatic heterocycles. The number of hydrogen-bond acceptors (Lipinski definition) is 7. The van der Waals surface area contributed by atoms with Gasteiger partial charge >= 0.3 is 0 Å². The molecule has 1 unspecified atom stereocenters. The number of aryl methyl sites for hydroxylation is 1. The minimum Gasteiger partial charge on any atom is -0.358 e. The number of sulfonamides is 1. The van der Waals surface area contributed by atoms with Crippen LogP contribution in [0.3, 0.4) is 0 Å². The molecule has 1 aromatic carbocycles. The standard InChI is InChI=1S/C25H30F2N6O4S/c1-14-7-10-16(18(12-14)32(2)38(3,35)36)28-17-13-19(30-25(34)15-8-9-15)29-23-21(17)31-24(22(26)27)33(23)20-6-4-5-11-37-20/h7,10,12-13,15,20,22H,4-6,8-9,11H2,1-3H3,(H2,28,29,30,34). The van der Waals surface area contributed by atoms with Crippen molar-refractivity contribution >= 4 is 50.0 Å². The second-order valence-electron chi connectivity index (χ2n) is 9.83. The number of ether oxygens (including phenoxy) is 1. The van der Waals surface area contributed by atoms with Crippen LogP contribution in [0.4, 0.5) is 31.7 Å². The second kappa shape index (κ2) is 10.1. The number of aromatic nitrogens is 3. The van der Waals surface area contributed by atoms with Gasteiger partial charge in [0.15, 0.2) is 11.5 Å². The Morgan fingerprint density at radius 3 is 2.55 bits per heavy atom. The fourth-order valence-electron chi connectivity index (χ4n) is 4.51. The normalized spacial score (nSPS) is 18.1. The lowest BCUT2D eigenvalue weighted by Gasteiger charge is -2.25. The van der Waals surface area contributed by atoms with Gasteiger partial charge in [-0.1, -0.05) is 6.07 Å². The van der Waals surface area contributed by atoms with E-state index in [0.717, 1.165) is 41.8 Å². The smallest absolute Gasteiger partial charge is 0.295 e. The van der Waals surface area contributed by atoms with Gasteiger partial charge in [0.2, 0.25) is 15.9 Å². The van der Waals surface area contributed by atoms with Crippen molar-refractivity contribution in [3.05, 3.63) is 35.7 Å². The molecule has 1 saturated heterocycles. The second-order valence-corrected chi connectivity index (χ2v) is 11.8. The van der Waals surface area contributed by atoms with Gasteiger partial charge in [0.25, 0.3) is 6.43 Å². The average Bonchev–Trinajstić information content (AvgIpc) is 3.65. The summed E-state index contributed by atoms with van der Waals surface area (Å²) in [6.45, 7) is 2.26. The monoisotopic (exact) mass is 548 g/mol. The van der Waals surface area contributed by atoms with E-state index < -0.39 is 28.5 Å². The Morgan fingerprint density at radius 2 is 1.92 bits per heavy atom. The third-order valence-corrected chi connectivity index (χ3v) is 7.96. The number of alkyl halides is 2. The zero-order chi connectivity index (χ0) is 27.2. The summed E-state index contributed by atoms with van der Waals surface area (Å²) in [5.41, 5.74) is 2.21. The van der Waals surface area contributed by atoms with Crippen molar-refractivity contribution in [1.29, 1.82) is 0 Å². The van der Waals surface area contributed by atoms with Crippen molar-refractivity contribution in [2.45, 2.75) is 51.7 Å². The number of rotatable bonds is 8. The van der Waals surface area contributed by atoms with Crippen molar-refractivity contribution < 1.29 is 26.7 Å². The maximum Gasteiger partial charge on any atom is 0.295 e. The molecular formula is C25H30F2N6O4S. The molecule has 1 saturated carbocycles. The highest BCUT2D eigenvalue weighted by Gasteiger charge is 2.32. The first-order valence-corrected chi connectivity index (χ1v) is 14.3. The molecule has 2 fully saturated rings. The molecular weight excluding hydrogens is 518 g/mol. The predicted molar refractivity (Wildman–Crippen MR) is 140 cm³/mol. The van der Waals surface area contributed by atoms with E-state index in [2.05, 4.69) is 20.6 Å². The van der Waals surface area contributed by atoms with Gasteiger partial charge in [0.1, 0.15) is 17.6 Å². The van der Waals surface area contributed by atoms with Gasteiger partial charge < -0.3 is 15.4 Å². The van der Waals surface area contributed by atoms with Crippen LogP contribution in [0.2, 0.25) is 0 Å². The zero-order valence-corrected chi connectivity index (χ0v) is 22.2. The maximum absolute atomic E-state index is 14.2. The van der Waals surface area contributed by atoms with E-state index in [1.54, 1.807) is 18.2 Å². The molecule has 1 atom stereocenters. The number of nitrogens with one attached hydrogen (secondary N) is 2. The number of anilines is 4. The molecule has 1 aliphatic carbocycles. The van der Waals surface area contributed by atoms with Crippen molar-refractivity contribution in [2.75, 3.05) is 34.8 Å². The molecule has 0 radical (unpaired) electrons. The van der Waals surface area contributed by atoms with Gasteiger partial charge in [-0.05, 0) is 56.7 Å². The van der Waals surface area contributed by atoms with Crippen LogP contribution >= 0.6 is 0 Å². The number of carbonyl (C=O) groups excluding carboxylic acids is 1. The lowest BCUT2D eigenvalue weighted by Crippen LogP contribution is -2.25. The molecule has 2 aliphatic rings. The number of benzene rings is 1. The molecule has 0 bridgehead atoms. The summed E-state index contributed by atoms with van der Waals surface area (Å²) in [6, 6.07) is 6.74. The number of hydrogen-bond donors (Lipinski definition) is 2. The van der Waals surface area contributed by atoms with Gasteiger partial charge in [0, 0.05) is 25.6 Å². The van der Waals surface area contributed by atoms with Crippen LogP contribution < -0.4 is 14.9 Å². The Labute approximate surface area is 219 Å². The average molecular weight is 549 g/mol. The van der Waals surface area contributed by atoms with Gasteiger partial charge in [0.05, 0.1) is 23.3 Å². The van der Waals surface area contributed by atoms with Crippen molar-refractivity contribution in [1.82, 2.24) is 14.5 Å². The number of halogens is 2. The molecule has 2 N–H and O–H groups in total. The number of imidazole rings is 1. The highest BCUT2D eigenvalue weighted by Crippen LogP contribution is 2.38. The lowest BCUT2D eigenvalue weighted by molar-refractivity contribution is -0.117. The molecule has 13 heteroatoms. The van der Waals surface area contributed by atoms with E-state index in [1.165, 1.54) is 17.7 Å². The number of nitrogens with zero attached hydrogens (tertiary/aromatic N) is 4. The molecule has 10 nitrogen and oxygen atoms in total. The quantitative estimate of drug-likeness (QED) is 0.413. The zero-order valence-electron chi connectivity index (χ0n) is 21.4. The molecule has 1 amide bonds. The first-order valence-electron chi connectivity index (χ1n) is 12.5. The van der Waals surface area contributed by atoms with E-state index in [9.17, 15) is 22.0 Å². The summed E-state index contributed by atoms with van der Waals surface area (Å²) >= 11 is 0. The van der Waals surface area contributed by atoms with Crippen LogP contribution in [0, 0.1) is 12.8 Å². The van der Waals surface area contributed by atoms with Crippen LogP contribution in [0.5, 0.6) is 0 Å². The van der Waals surface area contributed by atoms with Gasteiger partial charge in [-0.25, -0.2) is 27.2 Å². The van der Waals surface area contributed by atoms with Crippen LogP contribution in [-0.4, -0.2) is 48.8 Å². The Morgan fingerprint density at radius 1 is 1.16 bits per heavy atom. The van der Waals surface area contributed by atoms with Gasteiger partial charge in [-0.3, -0.25) is 13.7 Å². The topological polar surface area (TPSA) is 118 Å². The van der Waals surface area contributed by atoms with Gasteiger partial charge in [-0.2, -0.15) is 0 Å². The Hall–Kier alpha value is -3.32. The number of amides is 1. The molecule has 38 heavy (non-hydrogen) atoms. The number of pyridine rings is 1. The summed E-state index contributed by atoms with van der Waals surface area (Å²) in [5, 5.41) is 5.97. The molecule has 1 aliphatic heterocycles. The molecule has 5 rings (SSSR count). The largest absolute Gasteiger partial charge is 0.358 e. The molecule has 204 valence electrons. The van der Waals surface area contributed by atoms with E-state index in [4.69, 9.17) is 4.74 Å². The number of carbonyl (C=O) groups is 1. The maximum atomic E-state index is 14.2. The van der Waals surface area contributed by atoms with Crippen molar-refractivity contribution in [2.24, 2.45) is 5.92 Å². The van der Waals surface area contributed by atoms with Crippen LogP contribution in [-0.2, 0) is 19.6 Å². The lowest BCUT2D eigenvalue weighted by atomic mass is 10.1. The summed E-state index contributed by atoms with van der Waals surface area (Å²) < 4.78 is 61.4. The van der Waals surface area contributed by atoms with Crippen molar-refractivity contribution in [3.63, 3.8) is 0 Å². The fraction of sp³-hybridized carbons (Fsp3) is 0.480. The van der Waals surface area contributed by atoms with E-state index in [1.807, 2.05) is 6.92 Å². The van der Waals surface area contributed by atoms with Crippen LogP contribution in [0.1, 0.15) is 56.1 Å². The Kier molecular flexibility index (Phi) is 6.99. The van der Waals surface area contributed by atoms with Crippen molar-refractivity contribution in [3.8, 4) is 0 Å². The SMILES string of the molecule is Cc1ccc(Nc2cc(NC(=O)C3CC3)nc3c2nc(C(F)F)n3C2CCCCO2)c(N(C)S(C)(=O)=O)c1. The van der Waals surface area contributed by atoms with Gasteiger partial charge in [-0.15, -0.1) is 0 Å². The van der Waals surface area contributed by atoms with Crippen LogP contribution in [0.25, 0.3) is 11.2 Å². The summed E-state index contributed by atoms with van der Waals surface area (Å²) in [7, 11) is -2.16. The first-order chi connectivity index (χ1) is 18.0. The molecule has 0 spiro atoms. The minimum absolute atomic E-state index is 0.0979. The Balaban J connectivity index is 1.67. The first kappa shape index (κ1) is 26.3. The third-order valence-electron chi connectivity index (χ3n) is 6.77. The summed E-state index contributed by atoms with van der Waals surface area (Å²) in [4.78, 5) is 21.3. The minimum atomic E-state index is -3.60. The Bertz CT molecular complexity index is 1480. The van der Waals surface area contributed by atoms with E-state index in [-0.39, 0.29) is 28.8 Å². The predicted octanol–water partition coefficient (Wildman–Crippen LogP) is 4.86. The molecule has 3 aromatic rings. The van der Waals surface area contributed by atoms with E-state index >= 15 is 0 Å². The summed E-state index contributed by atoms with van der Waals surface area (Å²) in [6.07, 6.45) is 1.27. The molecule has 3 heterocycles. The highest BCUT2D eigenvalue weighted by molar-refractivity contribution is 7.92. The van der Waals surface area contributed by atoms with Crippen LogP contribution in [0.15, 0.2) is 24.3 Å². The summed E-state index contributed by atoms with van der Waals surface area (Å²) in [5.74, 6) is -0.589.